The topological polar surface area (TPSA) is 12.0 Å². The zero-order chi connectivity index (χ0) is 13.9. The van der Waals surface area contributed by atoms with E-state index in [1.807, 2.05) is 0 Å². The van der Waals surface area contributed by atoms with Gasteiger partial charge in [-0.2, -0.15) is 11.8 Å². The first-order valence-electron chi connectivity index (χ1n) is 7.60. The fourth-order valence-electron chi connectivity index (χ4n) is 2.23. The molecule has 0 aliphatic heterocycles. The molecule has 1 atom stereocenters. The standard InChI is InChI=1S/C17H29NS/c1-4-19-13-9-8-12-17(14-18-15(2)3)16-10-6-5-7-11-16/h5-7,10-11,15,17-18H,4,8-9,12-14H2,1-3H3. The van der Waals surface area contributed by atoms with Gasteiger partial charge >= 0.3 is 0 Å². The van der Waals surface area contributed by atoms with E-state index in [9.17, 15) is 0 Å². The number of hydrogen-bond donors (Lipinski definition) is 1. The van der Waals surface area contributed by atoms with Gasteiger partial charge in [-0.15, -0.1) is 0 Å². The lowest BCUT2D eigenvalue weighted by atomic mass is 9.93. The van der Waals surface area contributed by atoms with Crippen molar-refractivity contribution in [3.05, 3.63) is 35.9 Å². The Balaban J connectivity index is 2.41. The molecule has 0 aromatic heterocycles. The maximum absolute atomic E-state index is 3.59. The fraction of sp³-hybridized carbons (Fsp3) is 0.647. The van der Waals surface area contributed by atoms with Crippen molar-refractivity contribution in [1.29, 1.82) is 0 Å². The molecule has 1 aromatic carbocycles. The van der Waals surface area contributed by atoms with E-state index in [-0.39, 0.29) is 0 Å². The maximum atomic E-state index is 3.59. The van der Waals surface area contributed by atoms with Crippen molar-refractivity contribution in [3.8, 4) is 0 Å². The number of rotatable bonds is 10. The van der Waals surface area contributed by atoms with Gasteiger partial charge in [-0.1, -0.05) is 57.5 Å². The van der Waals surface area contributed by atoms with Gasteiger partial charge in [-0.05, 0) is 35.8 Å². The van der Waals surface area contributed by atoms with E-state index in [2.05, 4.69) is 68.2 Å². The molecule has 0 saturated carbocycles. The monoisotopic (exact) mass is 279 g/mol. The maximum Gasteiger partial charge on any atom is 0.00225 e. The third-order valence-corrected chi connectivity index (χ3v) is 4.32. The Kier molecular flexibility index (Phi) is 9.02. The van der Waals surface area contributed by atoms with Crippen molar-refractivity contribution in [2.45, 2.75) is 52.0 Å². The van der Waals surface area contributed by atoms with Gasteiger partial charge in [0.15, 0.2) is 0 Å². The number of benzene rings is 1. The smallest absolute Gasteiger partial charge is 0.00225 e. The Labute approximate surface area is 123 Å². The highest BCUT2D eigenvalue weighted by atomic mass is 32.2. The largest absolute Gasteiger partial charge is 0.314 e. The van der Waals surface area contributed by atoms with Gasteiger partial charge in [-0.3, -0.25) is 0 Å². The zero-order valence-electron chi connectivity index (χ0n) is 12.7. The highest BCUT2D eigenvalue weighted by Crippen LogP contribution is 2.22. The Morgan fingerprint density at radius 1 is 1.11 bits per heavy atom. The van der Waals surface area contributed by atoms with E-state index >= 15 is 0 Å². The Bertz CT molecular complexity index is 310. The molecule has 1 unspecified atom stereocenters. The molecule has 0 aliphatic rings. The summed E-state index contributed by atoms with van der Waals surface area (Å²) in [4.78, 5) is 0. The second kappa shape index (κ2) is 10.3. The summed E-state index contributed by atoms with van der Waals surface area (Å²) in [7, 11) is 0. The van der Waals surface area contributed by atoms with Gasteiger partial charge in [0.25, 0.3) is 0 Å². The molecule has 1 N–H and O–H groups in total. The fourth-order valence-corrected chi connectivity index (χ4v) is 2.93. The molecule has 0 aliphatic carbocycles. The first-order chi connectivity index (χ1) is 9.24. The molecule has 19 heavy (non-hydrogen) atoms. The normalized spacial score (nSPS) is 12.8. The molecule has 2 heteroatoms. The summed E-state index contributed by atoms with van der Waals surface area (Å²) in [5.74, 6) is 3.22. The van der Waals surface area contributed by atoms with Gasteiger partial charge in [0.05, 0.1) is 0 Å². The third kappa shape index (κ3) is 7.64. The molecule has 1 rings (SSSR count). The van der Waals surface area contributed by atoms with E-state index in [0.717, 1.165) is 6.54 Å². The average Bonchev–Trinajstić information content (AvgIpc) is 2.42. The van der Waals surface area contributed by atoms with E-state index in [0.29, 0.717) is 12.0 Å². The van der Waals surface area contributed by atoms with Crippen LogP contribution >= 0.6 is 11.8 Å². The minimum Gasteiger partial charge on any atom is -0.314 e. The Morgan fingerprint density at radius 3 is 2.47 bits per heavy atom. The van der Waals surface area contributed by atoms with Crippen LogP contribution in [0.2, 0.25) is 0 Å². The molecule has 0 saturated heterocycles. The molecule has 1 nitrogen and oxygen atoms in total. The van der Waals surface area contributed by atoms with Gasteiger partial charge in [0, 0.05) is 12.6 Å². The second-order valence-corrected chi connectivity index (χ2v) is 6.76. The molecular formula is C17H29NS. The van der Waals surface area contributed by atoms with Crippen LogP contribution in [-0.2, 0) is 0 Å². The van der Waals surface area contributed by atoms with Gasteiger partial charge < -0.3 is 5.32 Å². The summed E-state index contributed by atoms with van der Waals surface area (Å²) in [6.45, 7) is 7.78. The van der Waals surface area contributed by atoms with Crippen LogP contribution in [0.3, 0.4) is 0 Å². The Morgan fingerprint density at radius 2 is 1.84 bits per heavy atom. The summed E-state index contributed by atoms with van der Waals surface area (Å²) in [6, 6.07) is 11.5. The molecule has 0 spiro atoms. The second-order valence-electron chi connectivity index (χ2n) is 5.36. The molecule has 0 fully saturated rings. The molecule has 1 aromatic rings. The van der Waals surface area contributed by atoms with Crippen LogP contribution in [0.25, 0.3) is 0 Å². The predicted molar refractivity (Wildman–Crippen MR) is 89.2 cm³/mol. The summed E-state index contributed by atoms with van der Waals surface area (Å²) in [5.41, 5.74) is 1.48. The number of hydrogen-bond acceptors (Lipinski definition) is 2. The quantitative estimate of drug-likeness (QED) is 0.623. The lowest BCUT2D eigenvalue weighted by Crippen LogP contribution is -2.28. The first kappa shape index (κ1) is 16.6. The number of nitrogens with one attached hydrogen (secondary N) is 1. The Hall–Kier alpha value is -0.470. The lowest BCUT2D eigenvalue weighted by Gasteiger charge is -2.19. The van der Waals surface area contributed by atoms with Crippen LogP contribution in [-0.4, -0.2) is 24.1 Å². The molecule has 108 valence electrons. The van der Waals surface area contributed by atoms with Gasteiger partial charge in [0.1, 0.15) is 0 Å². The van der Waals surface area contributed by atoms with E-state index in [4.69, 9.17) is 0 Å². The zero-order valence-corrected chi connectivity index (χ0v) is 13.5. The lowest BCUT2D eigenvalue weighted by molar-refractivity contribution is 0.496. The van der Waals surface area contributed by atoms with Crippen molar-refractivity contribution in [2.24, 2.45) is 0 Å². The van der Waals surface area contributed by atoms with Crippen LogP contribution < -0.4 is 5.32 Å². The van der Waals surface area contributed by atoms with Crippen LogP contribution in [0.4, 0.5) is 0 Å². The van der Waals surface area contributed by atoms with Crippen LogP contribution in [0.1, 0.15) is 51.5 Å². The van der Waals surface area contributed by atoms with Gasteiger partial charge in [0.2, 0.25) is 0 Å². The van der Waals surface area contributed by atoms with Crippen molar-refractivity contribution in [1.82, 2.24) is 5.32 Å². The van der Waals surface area contributed by atoms with E-state index in [1.165, 1.54) is 36.3 Å². The molecular weight excluding hydrogens is 250 g/mol. The first-order valence-corrected chi connectivity index (χ1v) is 8.75. The summed E-state index contributed by atoms with van der Waals surface area (Å²) >= 11 is 2.06. The highest BCUT2D eigenvalue weighted by molar-refractivity contribution is 7.99. The summed E-state index contributed by atoms with van der Waals surface area (Å²) in [6.07, 6.45) is 3.99. The number of unbranched alkanes of at least 4 members (excludes halogenated alkanes) is 1. The number of thioether (sulfide) groups is 1. The SMILES string of the molecule is CCSCCCCC(CNC(C)C)c1ccccc1. The molecule has 0 amide bonds. The minimum atomic E-state index is 0.571. The highest BCUT2D eigenvalue weighted by Gasteiger charge is 2.11. The summed E-state index contributed by atoms with van der Waals surface area (Å²) < 4.78 is 0. The van der Waals surface area contributed by atoms with Crippen LogP contribution in [0.5, 0.6) is 0 Å². The van der Waals surface area contributed by atoms with Crippen LogP contribution in [0, 0.1) is 0 Å². The molecule has 0 heterocycles. The van der Waals surface area contributed by atoms with E-state index < -0.39 is 0 Å². The van der Waals surface area contributed by atoms with Crippen molar-refractivity contribution >= 4 is 11.8 Å². The van der Waals surface area contributed by atoms with E-state index in [1.54, 1.807) is 0 Å². The summed E-state index contributed by atoms with van der Waals surface area (Å²) in [5, 5.41) is 3.59. The van der Waals surface area contributed by atoms with Crippen LogP contribution in [0.15, 0.2) is 30.3 Å². The minimum absolute atomic E-state index is 0.571. The third-order valence-electron chi connectivity index (χ3n) is 3.34. The molecule has 0 bridgehead atoms. The van der Waals surface area contributed by atoms with Gasteiger partial charge in [-0.25, -0.2) is 0 Å². The van der Waals surface area contributed by atoms with Crippen molar-refractivity contribution in [2.75, 3.05) is 18.1 Å². The predicted octanol–water partition coefficient (Wildman–Crippen LogP) is 4.69. The van der Waals surface area contributed by atoms with Crippen molar-refractivity contribution in [3.63, 3.8) is 0 Å². The van der Waals surface area contributed by atoms with Crippen molar-refractivity contribution < 1.29 is 0 Å². The molecule has 0 radical (unpaired) electrons. The average molecular weight is 279 g/mol.